The minimum atomic E-state index is -5.08. The van der Waals surface area contributed by atoms with Crippen LogP contribution in [0.15, 0.2) is 0 Å². The molecular formula is C10H16F3N3O5. The molecule has 1 amide bonds. The predicted octanol–water partition coefficient (Wildman–Crippen LogP) is -1.23. The van der Waals surface area contributed by atoms with Gasteiger partial charge < -0.3 is 26.2 Å². The maximum atomic E-state index is 11.4. The first-order valence-corrected chi connectivity index (χ1v) is 5.83. The van der Waals surface area contributed by atoms with Gasteiger partial charge in [0.2, 0.25) is 5.91 Å². The van der Waals surface area contributed by atoms with Crippen LogP contribution >= 0.6 is 0 Å². The number of nitrogens with one attached hydrogen (secondary N) is 3. The molecule has 0 saturated carbocycles. The fourth-order valence-corrected chi connectivity index (χ4v) is 1.21. The molecule has 0 aromatic carbocycles. The van der Waals surface area contributed by atoms with E-state index in [1.54, 1.807) is 0 Å². The van der Waals surface area contributed by atoms with Crippen molar-refractivity contribution in [2.75, 3.05) is 19.6 Å². The van der Waals surface area contributed by atoms with Gasteiger partial charge in [-0.1, -0.05) is 0 Å². The Morgan fingerprint density at radius 1 is 1.24 bits per heavy atom. The van der Waals surface area contributed by atoms with Crippen molar-refractivity contribution in [3.8, 4) is 0 Å². The number of piperazine rings is 1. The number of carbonyl (C=O) groups excluding carboxylic acids is 1. The Kier molecular flexibility index (Phi) is 7.66. The van der Waals surface area contributed by atoms with Crippen LogP contribution in [0.25, 0.3) is 0 Å². The summed E-state index contributed by atoms with van der Waals surface area (Å²) in [5, 5.41) is 24.2. The second-order valence-corrected chi connectivity index (χ2v) is 4.08. The van der Waals surface area contributed by atoms with Gasteiger partial charge in [-0.25, -0.2) is 4.79 Å². The highest BCUT2D eigenvalue weighted by Crippen LogP contribution is 2.13. The molecule has 1 aliphatic heterocycles. The number of carbonyl (C=O) groups is 3. The van der Waals surface area contributed by atoms with Crippen molar-refractivity contribution in [2.24, 2.45) is 0 Å². The van der Waals surface area contributed by atoms with Crippen molar-refractivity contribution >= 4 is 17.8 Å². The summed E-state index contributed by atoms with van der Waals surface area (Å²) in [5.41, 5.74) is 0. The molecule has 1 aliphatic rings. The first kappa shape index (κ1) is 19.1. The van der Waals surface area contributed by atoms with E-state index in [1.807, 2.05) is 0 Å². The minimum Gasteiger partial charge on any atom is -0.480 e. The third-order valence-electron chi connectivity index (χ3n) is 2.33. The molecule has 0 radical (unpaired) electrons. The monoisotopic (exact) mass is 315 g/mol. The fourth-order valence-electron chi connectivity index (χ4n) is 1.21. The quantitative estimate of drug-likeness (QED) is 0.441. The molecule has 11 heteroatoms. The number of hydrogen-bond acceptors (Lipinski definition) is 5. The average Bonchev–Trinajstić information content (AvgIpc) is 2.39. The maximum Gasteiger partial charge on any atom is 0.490 e. The molecule has 8 nitrogen and oxygen atoms in total. The van der Waals surface area contributed by atoms with Crippen molar-refractivity contribution in [3.05, 3.63) is 0 Å². The van der Waals surface area contributed by atoms with Crippen molar-refractivity contribution in [3.63, 3.8) is 0 Å². The molecular weight excluding hydrogens is 299 g/mol. The van der Waals surface area contributed by atoms with Gasteiger partial charge in [0.25, 0.3) is 0 Å². The molecule has 5 N–H and O–H groups in total. The van der Waals surface area contributed by atoms with Crippen LogP contribution in [0, 0.1) is 0 Å². The molecule has 1 saturated heterocycles. The van der Waals surface area contributed by atoms with E-state index >= 15 is 0 Å². The summed E-state index contributed by atoms with van der Waals surface area (Å²) in [7, 11) is 0. The van der Waals surface area contributed by atoms with Gasteiger partial charge in [0.15, 0.2) is 0 Å². The first-order chi connectivity index (χ1) is 9.55. The zero-order valence-corrected chi connectivity index (χ0v) is 11.0. The van der Waals surface area contributed by atoms with E-state index in [4.69, 9.17) is 15.0 Å². The Morgan fingerprint density at radius 2 is 1.76 bits per heavy atom. The number of halogens is 3. The minimum absolute atomic E-state index is 0.271. The Labute approximate surface area is 117 Å². The SMILES string of the molecule is CC(NC(=O)C1CNCCN1)C(=O)O.O=C(O)C(F)(F)F. The van der Waals surface area contributed by atoms with E-state index in [0.717, 1.165) is 13.1 Å². The normalized spacial score (nSPS) is 19.7. The first-order valence-electron chi connectivity index (χ1n) is 5.83. The fraction of sp³-hybridized carbons (Fsp3) is 0.700. The molecule has 0 aliphatic carbocycles. The molecule has 0 aromatic rings. The van der Waals surface area contributed by atoms with Crippen molar-refractivity contribution in [1.82, 2.24) is 16.0 Å². The van der Waals surface area contributed by atoms with Gasteiger partial charge in [-0.2, -0.15) is 13.2 Å². The van der Waals surface area contributed by atoms with Crippen LogP contribution in [0.1, 0.15) is 6.92 Å². The summed E-state index contributed by atoms with van der Waals surface area (Å²) in [4.78, 5) is 30.8. The largest absolute Gasteiger partial charge is 0.490 e. The molecule has 1 heterocycles. The summed E-state index contributed by atoms with van der Waals surface area (Å²) in [6.45, 7) is 3.53. The summed E-state index contributed by atoms with van der Waals surface area (Å²) in [6, 6.07) is -1.17. The zero-order valence-electron chi connectivity index (χ0n) is 11.0. The van der Waals surface area contributed by atoms with Crippen LogP contribution in [0.3, 0.4) is 0 Å². The Bertz CT molecular complexity index is 383. The number of alkyl halides is 3. The van der Waals surface area contributed by atoms with Crippen LogP contribution < -0.4 is 16.0 Å². The van der Waals surface area contributed by atoms with E-state index in [1.165, 1.54) is 6.92 Å². The lowest BCUT2D eigenvalue weighted by Gasteiger charge is -2.24. The van der Waals surface area contributed by atoms with E-state index in [-0.39, 0.29) is 11.9 Å². The topological polar surface area (TPSA) is 128 Å². The molecule has 2 atom stereocenters. The number of amides is 1. The van der Waals surface area contributed by atoms with Crippen LogP contribution in [-0.2, 0) is 14.4 Å². The molecule has 0 spiro atoms. The number of rotatable bonds is 3. The molecule has 2 unspecified atom stereocenters. The molecule has 0 bridgehead atoms. The van der Waals surface area contributed by atoms with E-state index < -0.39 is 24.2 Å². The Morgan fingerprint density at radius 3 is 2.10 bits per heavy atom. The molecule has 21 heavy (non-hydrogen) atoms. The molecule has 1 fully saturated rings. The molecule has 0 aromatic heterocycles. The number of aliphatic carboxylic acids is 2. The van der Waals surface area contributed by atoms with E-state index in [0.29, 0.717) is 6.54 Å². The van der Waals surface area contributed by atoms with Gasteiger partial charge in [0.05, 0.1) is 6.04 Å². The number of hydrogen-bond donors (Lipinski definition) is 5. The smallest absolute Gasteiger partial charge is 0.480 e. The Balaban J connectivity index is 0.000000486. The second-order valence-electron chi connectivity index (χ2n) is 4.08. The number of carboxylic acid groups (broad SMARTS) is 2. The van der Waals surface area contributed by atoms with Crippen LogP contribution in [0.4, 0.5) is 13.2 Å². The summed E-state index contributed by atoms with van der Waals surface area (Å²) >= 11 is 0. The van der Waals surface area contributed by atoms with Gasteiger partial charge in [-0.3, -0.25) is 9.59 Å². The van der Waals surface area contributed by atoms with Crippen LogP contribution in [0.2, 0.25) is 0 Å². The second kappa shape index (κ2) is 8.42. The van der Waals surface area contributed by atoms with Gasteiger partial charge in [0.1, 0.15) is 6.04 Å². The number of carboxylic acids is 2. The molecule has 1 rings (SSSR count). The lowest BCUT2D eigenvalue weighted by atomic mass is 10.2. The van der Waals surface area contributed by atoms with Crippen LogP contribution in [-0.4, -0.2) is 66.0 Å². The highest BCUT2D eigenvalue weighted by Gasteiger charge is 2.38. The summed E-state index contributed by atoms with van der Waals surface area (Å²) < 4.78 is 31.7. The third-order valence-corrected chi connectivity index (χ3v) is 2.33. The van der Waals surface area contributed by atoms with E-state index in [2.05, 4.69) is 16.0 Å². The Hall–Kier alpha value is -1.88. The van der Waals surface area contributed by atoms with Gasteiger partial charge in [0, 0.05) is 19.6 Å². The van der Waals surface area contributed by atoms with E-state index in [9.17, 15) is 22.8 Å². The highest BCUT2D eigenvalue weighted by atomic mass is 19.4. The van der Waals surface area contributed by atoms with Crippen molar-refractivity contribution in [1.29, 1.82) is 0 Å². The van der Waals surface area contributed by atoms with Crippen molar-refractivity contribution in [2.45, 2.75) is 25.2 Å². The maximum absolute atomic E-state index is 11.4. The lowest BCUT2D eigenvalue weighted by Crippen LogP contribution is -2.57. The molecule has 122 valence electrons. The summed E-state index contributed by atoms with van der Waals surface area (Å²) in [5.74, 6) is -4.05. The lowest BCUT2D eigenvalue weighted by molar-refractivity contribution is -0.192. The van der Waals surface area contributed by atoms with Crippen LogP contribution in [0.5, 0.6) is 0 Å². The van der Waals surface area contributed by atoms with Gasteiger partial charge in [-0.15, -0.1) is 0 Å². The highest BCUT2D eigenvalue weighted by molar-refractivity contribution is 5.86. The third kappa shape index (κ3) is 8.09. The predicted molar refractivity (Wildman–Crippen MR) is 63.6 cm³/mol. The van der Waals surface area contributed by atoms with Gasteiger partial charge in [-0.05, 0) is 6.92 Å². The zero-order chi connectivity index (χ0) is 16.6. The van der Waals surface area contributed by atoms with Crippen molar-refractivity contribution < 1.29 is 37.8 Å². The summed E-state index contributed by atoms with van der Waals surface area (Å²) in [6.07, 6.45) is -5.08. The standard InChI is InChI=1S/C8H15N3O3.C2HF3O2/c1-5(8(13)14)11-7(12)6-4-9-2-3-10-6;3-2(4,5)1(6)7/h5-6,9-10H,2-4H2,1H3,(H,11,12)(H,13,14);(H,6,7). The average molecular weight is 315 g/mol. The van der Waals surface area contributed by atoms with Gasteiger partial charge >= 0.3 is 18.1 Å².